The zero-order chi connectivity index (χ0) is 12.6. The molecular formula is C10H13N5OS. The van der Waals surface area contributed by atoms with Crippen molar-refractivity contribution in [3.05, 3.63) is 11.4 Å². The molecule has 0 radical (unpaired) electrons. The largest absolute Gasteiger partial charge is 0.392 e. The van der Waals surface area contributed by atoms with Crippen molar-refractivity contribution in [2.45, 2.75) is 26.7 Å². The number of thiocarbonyl (C=S) groups is 1. The van der Waals surface area contributed by atoms with E-state index in [-0.39, 0.29) is 16.8 Å². The van der Waals surface area contributed by atoms with E-state index in [0.717, 1.165) is 11.4 Å². The van der Waals surface area contributed by atoms with Crippen LogP contribution in [0.4, 0.5) is 5.95 Å². The van der Waals surface area contributed by atoms with E-state index in [0.29, 0.717) is 12.8 Å². The first kappa shape index (κ1) is 11.8. The molecule has 1 aliphatic carbocycles. The lowest BCUT2D eigenvalue weighted by Gasteiger charge is -2.12. The van der Waals surface area contributed by atoms with Crippen molar-refractivity contribution in [1.29, 1.82) is 0 Å². The first-order valence-corrected chi connectivity index (χ1v) is 5.66. The third-order valence-electron chi connectivity index (χ3n) is 2.97. The van der Waals surface area contributed by atoms with Gasteiger partial charge in [0.2, 0.25) is 11.9 Å². The molecule has 6 nitrogen and oxygen atoms in total. The summed E-state index contributed by atoms with van der Waals surface area (Å²) in [5.74, 6) is -0.0457. The highest BCUT2D eigenvalue weighted by atomic mass is 32.1. The summed E-state index contributed by atoms with van der Waals surface area (Å²) in [7, 11) is 0. The normalized spacial score (nSPS) is 16.4. The van der Waals surface area contributed by atoms with Gasteiger partial charge in [0.15, 0.2) is 0 Å². The standard InChI is InChI=1S/C10H13N5OS/c1-5-6(2)14-15-9(12-5)13-8(16)10(3-4-10)7(11)17/h3-4H2,1-2H3,(H2,11,17)(H,12,13,15,16). The van der Waals surface area contributed by atoms with Crippen molar-refractivity contribution in [3.8, 4) is 0 Å². The molecule has 17 heavy (non-hydrogen) atoms. The van der Waals surface area contributed by atoms with Crippen LogP contribution >= 0.6 is 12.2 Å². The number of nitrogens with two attached hydrogens (primary N) is 1. The molecule has 0 aromatic carbocycles. The van der Waals surface area contributed by atoms with E-state index in [1.807, 2.05) is 0 Å². The van der Waals surface area contributed by atoms with Crippen molar-refractivity contribution in [3.63, 3.8) is 0 Å². The molecular weight excluding hydrogens is 238 g/mol. The van der Waals surface area contributed by atoms with Crippen molar-refractivity contribution in [1.82, 2.24) is 15.2 Å². The van der Waals surface area contributed by atoms with Gasteiger partial charge in [0, 0.05) is 0 Å². The zero-order valence-corrected chi connectivity index (χ0v) is 10.5. The molecule has 0 spiro atoms. The molecule has 0 aliphatic heterocycles. The number of rotatable bonds is 3. The fourth-order valence-electron chi connectivity index (χ4n) is 1.44. The maximum atomic E-state index is 11.9. The number of nitrogens with zero attached hydrogens (tertiary/aromatic N) is 3. The van der Waals surface area contributed by atoms with Gasteiger partial charge in [-0.3, -0.25) is 10.1 Å². The van der Waals surface area contributed by atoms with Gasteiger partial charge in [0.1, 0.15) is 0 Å². The van der Waals surface area contributed by atoms with Gasteiger partial charge in [-0.25, -0.2) is 4.98 Å². The van der Waals surface area contributed by atoms with E-state index < -0.39 is 5.41 Å². The van der Waals surface area contributed by atoms with Gasteiger partial charge in [-0.2, -0.15) is 5.10 Å². The van der Waals surface area contributed by atoms with E-state index >= 15 is 0 Å². The van der Waals surface area contributed by atoms with E-state index in [1.54, 1.807) is 13.8 Å². The lowest BCUT2D eigenvalue weighted by molar-refractivity contribution is -0.119. The molecule has 7 heteroatoms. The summed E-state index contributed by atoms with van der Waals surface area (Å²) in [4.78, 5) is 16.3. The molecule has 3 N–H and O–H groups in total. The number of aryl methyl sites for hydroxylation is 2. The van der Waals surface area contributed by atoms with Crippen LogP contribution in [0.5, 0.6) is 0 Å². The molecule has 1 amide bonds. The average Bonchev–Trinajstić information content (AvgIpc) is 3.04. The lowest BCUT2D eigenvalue weighted by atomic mass is 10.1. The Balaban J connectivity index is 2.14. The second kappa shape index (κ2) is 3.99. The maximum Gasteiger partial charge on any atom is 0.249 e. The first-order chi connectivity index (χ1) is 7.95. The van der Waals surface area contributed by atoms with Gasteiger partial charge in [0.25, 0.3) is 0 Å². The summed E-state index contributed by atoms with van der Waals surface area (Å²) in [6, 6.07) is 0. The molecule has 1 fully saturated rings. The Kier molecular flexibility index (Phi) is 2.78. The minimum absolute atomic E-state index is 0.195. The van der Waals surface area contributed by atoms with Crippen LogP contribution in [0.25, 0.3) is 0 Å². The summed E-state index contributed by atoms with van der Waals surface area (Å²) in [5, 5.41) is 10.3. The molecule has 1 aliphatic rings. The quantitative estimate of drug-likeness (QED) is 0.759. The Hall–Kier alpha value is -1.63. The maximum absolute atomic E-state index is 11.9. The number of hydrogen-bond donors (Lipinski definition) is 2. The Morgan fingerprint density at radius 1 is 1.35 bits per heavy atom. The molecule has 0 atom stereocenters. The molecule has 0 bridgehead atoms. The highest BCUT2D eigenvalue weighted by Gasteiger charge is 2.53. The van der Waals surface area contributed by atoms with Gasteiger partial charge >= 0.3 is 0 Å². The molecule has 1 aromatic heterocycles. The fourth-order valence-corrected chi connectivity index (χ4v) is 1.74. The minimum atomic E-state index is -0.697. The van der Waals surface area contributed by atoms with Crippen LogP contribution in [0.2, 0.25) is 0 Å². The van der Waals surface area contributed by atoms with E-state index in [2.05, 4.69) is 20.5 Å². The van der Waals surface area contributed by atoms with Crippen molar-refractivity contribution in [2.75, 3.05) is 5.32 Å². The second-order valence-electron chi connectivity index (χ2n) is 4.21. The summed E-state index contributed by atoms with van der Waals surface area (Å²) in [6.45, 7) is 3.61. The SMILES string of the molecule is Cc1nnc(NC(=O)C2(C(N)=S)CC2)nc1C. The van der Waals surface area contributed by atoms with Crippen LogP contribution in [0.3, 0.4) is 0 Å². The third-order valence-corrected chi connectivity index (χ3v) is 3.36. The molecule has 1 heterocycles. The number of carbonyl (C=O) groups is 1. The number of amides is 1. The number of carbonyl (C=O) groups excluding carboxylic acids is 1. The summed E-state index contributed by atoms with van der Waals surface area (Å²) >= 11 is 4.89. The topological polar surface area (TPSA) is 93.8 Å². The molecule has 2 rings (SSSR count). The van der Waals surface area contributed by atoms with E-state index in [9.17, 15) is 4.79 Å². The molecule has 90 valence electrons. The second-order valence-corrected chi connectivity index (χ2v) is 4.65. The average molecular weight is 251 g/mol. The lowest BCUT2D eigenvalue weighted by Crippen LogP contribution is -2.35. The minimum Gasteiger partial charge on any atom is -0.392 e. The third kappa shape index (κ3) is 2.10. The van der Waals surface area contributed by atoms with Gasteiger partial charge in [-0.05, 0) is 26.7 Å². The zero-order valence-electron chi connectivity index (χ0n) is 9.65. The number of anilines is 1. The highest BCUT2D eigenvalue weighted by molar-refractivity contribution is 7.80. The van der Waals surface area contributed by atoms with Gasteiger partial charge in [-0.15, -0.1) is 5.10 Å². The molecule has 1 aromatic rings. The van der Waals surface area contributed by atoms with Crippen molar-refractivity contribution in [2.24, 2.45) is 11.1 Å². The Morgan fingerprint density at radius 3 is 2.47 bits per heavy atom. The molecule has 0 saturated heterocycles. The predicted octanol–water partition coefficient (Wildman–Crippen LogP) is 0.493. The first-order valence-electron chi connectivity index (χ1n) is 5.25. The molecule has 1 saturated carbocycles. The van der Waals surface area contributed by atoms with Crippen LogP contribution in [0, 0.1) is 19.3 Å². The smallest absolute Gasteiger partial charge is 0.249 e. The van der Waals surface area contributed by atoms with Crippen molar-refractivity contribution < 1.29 is 4.79 Å². The summed E-state index contributed by atoms with van der Waals surface area (Å²) in [5.41, 5.74) is 6.33. The monoisotopic (exact) mass is 251 g/mol. The van der Waals surface area contributed by atoms with E-state index in [4.69, 9.17) is 18.0 Å². The van der Waals surface area contributed by atoms with Crippen molar-refractivity contribution >= 4 is 29.1 Å². The number of aromatic nitrogens is 3. The van der Waals surface area contributed by atoms with Gasteiger partial charge in [0.05, 0.1) is 21.8 Å². The summed E-state index contributed by atoms with van der Waals surface area (Å²) in [6.07, 6.45) is 1.37. The van der Waals surface area contributed by atoms with Gasteiger partial charge < -0.3 is 5.73 Å². The highest BCUT2D eigenvalue weighted by Crippen LogP contribution is 2.46. The Bertz CT molecular complexity index is 497. The van der Waals surface area contributed by atoms with Crippen LogP contribution in [0.1, 0.15) is 24.2 Å². The van der Waals surface area contributed by atoms with Crippen LogP contribution in [0.15, 0.2) is 0 Å². The number of nitrogens with one attached hydrogen (secondary N) is 1. The Morgan fingerprint density at radius 2 is 2.00 bits per heavy atom. The van der Waals surface area contributed by atoms with Crippen LogP contribution in [-0.4, -0.2) is 26.1 Å². The predicted molar refractivity (Wildman–Crippen MR) is 66.4 cm³/mol. The fraction of sp³-hybridized carbons (Fsp3) is 0.500. The van der Waals surface area contributed by atoms with E-state index in [1.165, 1.54) is 0 Å². The van der Waals surface area contributed by atoms with Crippen LogP contribution in [-0.2, 0) is 4.79 Å². The summed E-state index contributed by atoms with van der Waals surface area (Å²) < 4.78 is 0. The van der Waals surface area contributed by atoms with Gasteiger partial charge in [-0.1, -0.05) is 12.2 Å². The van der Waals surface area contributed by atoms with Crippen LogP contribution < -0.4 is 11.1 Å². The number of hydrogen-bond acceptors (Lipinski definition) is 5. The Labute approximate surface area is 104 Å². The molecule has 0 unspecified atom stereocenters.